The summed E-state index contributed by atoms with van der Waals surface area (Å²) in [5.74, 6) is 0.328. The van der Waals surface area contributed by atoms with Gasteiger partial charge in [-0.15, -0.1) is 11.3 Å². The lowest BCUT2D eigenvalue weighted by Gasteiger charge is -2.31. The maximum Gasteiger partial charge on any atom is 0.280 e. The lowest BCUT2D eigenvalue weighted by molar-refractivity contribution is 0.0901. The van der Waals surface area contributed by atoms with Crippen molar-refractivity contribution in [3.63, 3.8) is 0 Å². The van der Waals surface area contributed by atoms with Crippen molar-refractivity contribution < 1.29 is 4.79 Å². The van der Waals surface area contributed by atoms with Crippen molar-refractivity contribution in [2.24, 2.45) is 5.41 Å². The Morgan fingerprint density at radius 2 is 1.96 bits per heavy atom. The Hall–Kier alpha value is -2.51. The second-order valence-electron chi connectivity index (χ2n) is 7.52. The number of rotatable bonds is 5. The highest BCUT2D eigenvalue weighted by Gasteiger charge is 2.29. The lowest BCUT2D eigenvalue weighted by atomic mass is 9.83. The number of hydrogen-bond acceptors (Lipinski definition) is 6. The number of carbonyl (C=O) groups is 1. The number of pyridine rings is 2. The van der Waals surface area contributed by atoms with E-state index in [0.29, 0.717) is 15.8 Å². The zero-order valence-electron chi connectivity index (χ0n) is 16.2. The van der Waals surface area contributed by atoms with Gasteiger partial charge < -0.3 is 10.6 Å². The van der Waals surface area contributed by atoms with Gasteiger partial charge in [-0.2, -0.15) is 0 Å². The van der Waals surface area contributed by atoms with E-state index in [-0.39, 0.29) is 17.4 Å². The fourth-order valence-electron chi connectivity index (χ4n) is 2.71. The third-order valence-electron chi connectivity index (χ3n) is 4.14. The van der Waals surface area contributed by atoms with Crippen LogP contribution in [0.2, 0.25) is 5.02 Å². The number of aromatic nitrogens is 3. The maximum absolute atomic E-state index is 12.5. The number of nitrogens with one attached hydrogen (secondary N) is 2. The predicted octanol–water partition coefficient (Wildman–Crippen LogP) is 5.16. The summed E-state index contributed by atoms with van der Waals surface area (Å²) in [6.07, 6.45) is 5.08. The smallest absolute Gasteiger partial charge is 0.280 e. The number of anilines is 2. The highest BCUT2D eigenvalue weighted by atomic mass is 35.5. The summed E-state index contributed by atoms with van der Waals surface area (Å²) in [6.45, 7) is 8.09. The van der Waals surface area contributed by atoms with Gasteiger partial charge in [0.2, 0.25) is 0 Å². The van der Waals surface area contributed by atoms with E-state index < -0.39 is 0 Å². The number of amides is 1. The van der Waals surface area contributed by atoms with E-state index >= 15 is 0 Å². The van der Waals surface area contributed by atoms with Gasteiger partial charge in [0.05, 0.1) is 22.9 Å². The molecule has 3 heterocycles. The molecular weight excluding hydrogens is 394 g/mol. The molecule has 0 aliphatic carbocycles. The van der Waals surface area contributed by atoms with Crippen LogP contribution in [-0.4, -0.2) is 20.9 Å². The quantitative estimate of drug-likeness (QED) is 0.601. The molecule has 0 saturated heterocycles. The number of carbonyl (C=O) groups excluding carboxylic acids is 1. The van der Waals surface area contributed by atoms with Crippen LogP contribution >= 0.6 is 22.9 Å². The van der Waals surface area contributed by atoms with Gasteiger partial charge in [-0.05, 0) is 36.1 Å². The summed E-state index contributed by atoms with van der Waals surface area (Å²) in [6, 6.07) is 5.38. The van der Waals surface area contributed by atoms with E-state index in [1.54, 1.807) is 24.0 Å². The van der Waals surface area contributed by atoms with E-state index in [1.165, 1.54) is 11.3 Å². The number of halogens is 1. The van der Waals surface area contributed by atoms with E-state index in [9.17, 15) is 4.79 Å². The maximum atomic E-state index is 12.5. The van der Waals surface area contributed by atoms with Crippen LogP contribution in [0.4, 0.5) is 11.5 Å². The zero-order chi connectivity index (χ0) is 20.3. The number of thiazole rings is 1. The zero-order valence-corrected chi connectivity index (χ0v) is 17.7. The second kappa shape index (κ2) is 8.24. The minimum atomic E-state index is -0.274. The van der Waals surface area contributed by atoms with Crippen LogP contribution in [-0.2, 0) is 0 Å². The van der Waals surface area contributed by atoms with Gasteiger partial charge in [0.15, 0.2) is 5.01 Å². The van der Waals surface area contributed by atoms with Crippen LogP contribution in [0.25, 0.3) is 0 Å². The van der Waals surface area contributed by atoms with Gasteiger partial charge >= 0.3 is 0 Å². The SMILES string of the molecule is Cc1ccc(Nc2ncc([C@H](NC(=O)c3nccs3)C(C)(C)C)cc2Cl)cn1. The number of aryl methyl sites for hydroxylation is 1. The molecule has 8 heteroatoms. The Morgan fingerprint density at radius 1 is 1.18 bits per heavy atom. The molecule has 2 N–H and O–H groups in total. The Labute approximate surface area is 173 Å². The molecule has 0 saturated carbocycles. The molecule has 0 aliphatic heterocycles. The molecule has 3 aromatic rings. The Bertz CT molecular complexity index is 952. The molecule has 1 amide bonds. The van der Waals surface area contributed by atoms with Crippen LogP contribution in [0.1, 0.15) is 47.9 Å². The summed E-state index contributed by atoms with van der Waals surface area (Å²) < 4.78 is 0. The summed E-state index contributed by atoms with van der Waals surface area (Å²) in [5, 5.41) is 8.90. The summed E-state index contributed by atoms with van der Waals surface area (Å²) >= 11 is 7.78. The molecule has 6 nitrogen and oxygen atoms in total. The van der Waals surface area contributed by atoms with E-state index in [1.807, 2.05) is 25.1 Å². The first-order valence-corrected chi connectivity index (χ1v) is 10.1. The minimum absolute atomic E-state index is 0.209. The fourth-order valence-corrected chi connectivity index (χ4v) is 3.47. The van der Waals surface area contributed by atoms with Crippen LogP contribution in [0.3, 0.4) is 0 Å². The van der Waals surface area contributed by atoms with Crippen molar-refractivity contribution in [3.05, 3.63) is 63.5 Å². The lowest BCUT2D eigenvalue weighted by Crippen LogP contribution is -2.36. The molecule has 3 rings (SSSR count). The Kier molecular flexibility index (Phi) is 5.96. The Morgan fingerprint density at radius 3 is 2.54 bits per heavy atom. The van der Waals surface area contributed by atoms with Gasteiger partial charge in [-0.1, -0.05) is 32.4 Å². The second-order valence-corrected chi connectivity index (χ2v) is 8.82. The van der Waals surface area contributed by atoms with Crippen LogP contribution in [0.5, 0.6) is 0 Å². The van der Waals surface area contributed by atoms with Crippen molar-refractivity contribution in [2.75, 3.05) is 5.32 Å². The fraction of sp³-hybridized carbons (Fsp3) is 0.300. The van der Waals surface area contributed by atoms with Gasteiger partial charge in [0.25, 0.3) is 5.91 Å². The van der Waals surface area contributed by atoms with Crippen molar-refractivity contribution in [3.8, 4) is 0 Å². The normalized spacial score (nSPS) is 12.5. The van der Waals surface area contributed by atoms with Gasteiger partial charge in [-0.25, -0.2) is 9.97 Å². The first-order valence-electron chi connectivity index (χ1n) is 8.79. The average Bonchev–Trinajstić information content (AvgIpc) is 3.17. The summed E-state index contributed by atoms with van der Waals surface area (Å²) in [4.78, 5) is 25.3. The molecule has 0 bridgehead atoms. The molecule has 28 heavy (non-hydrogen) atoms. The highest BCUT2D eigenvalue weighted by Crippen LogP contribution is 2.35. The van der Waals surface area contributed by atoms with Crippen LogP contribution < -0.4 is 10.6 Å². The minimum Gasteiger partial charge on any atom is -0.343 e. The standard InChI is InChI=1S/C20H22ClN5OS/c1-12-5-6-14(11-23-12)25-17-15(21)9-13(10-24-17)16(20(2,3)4)26-18(27)19-22-7-8-28-19/h5-11,16H,1-4H3,(H,24,25)(H,26,27)/t16-/m0/s1. The van der Waals surface area contributed by atoms with Crippen molar-refractivity contribution >= 4 is 40.4 Å². The average molecular weight is 416 g/mol. The largest absolute Gasteiger partial charge is 0.343 e. The van der Waals surface area contributed by atoms with Gasteiger partial charge in [0.1, 0.15) is 5.82 Å². The van der Waals surface area contributed by atoms with E-state index in [0.717, 1.165) is 16.9 Å². The van der Waals surface area contributed by atoms with Crippen molar-refractivity contribution in [1.82, 2.24) is 20.3 Å². The Balaban J connectivity index is 1.83. The number of nitrogens with zero attached hydrogens (tertiary/aromatic N) is 3. The van der Waals surface area contributed by atoms with Gasteiger partial charge in [0, 0.05) is 23.5 Å². The number of hydrogen-bond donors (Lipinski definition) is 2. The van der Waals surface area contributed by atoms with E-state index in [2.05, 4.69) is 46.4 Å². The van der Waals surface area contributed by atoms with Crippen molar-refractivity contribution in [1.29, 1.82) is 0 Å². The third kappa shape index (κ3) is 4.85. The molecular formula is C20H22ClN5OS. The summed E-state index contributed by atoms with van der Waals surface area (Å²) in [5.41, 5.74) is 2.32. The first-order chi connectivity index (χ1) is 13.2. The highest BCUT2D eigenvalue weighted by molar-refractivity contribution is 7.11. The molecule has 0 aromatic carbocycles. The van der Waals surface area contributed by atoms with Crippen molar-refractivity contribution in [2.45, 2.75) is 33.7 Å². The third-order valence-corrected chi connectivity index (χ3v) is 5.20. The van der Waals surface area contributed by atoms with Crippen LogP contribution in [0.15, 0.2) is 42.2 Å². The molecule has 0 radical (unpaired) electrons. The molecule has 0 aliphatic rings. The summed E-state index contributed by atoms with van der Waals surface area (Å²) in [7, 11) is 0. The molecule has 0 unspecified atom stereocenters. The predicted molar refractivity (Wildman–Crippen MR) is 113 cm³/mol. The molecule has 146 valence electrons. The molecule has 1 atom stereocenters. The molecule has 3 aromatic heterocycles. The van der Waals surface area contributed by atoms with Crippen LogP contribution in [0, 0.1) is 12.3 Å². The topological polar surface area (TPSA) is 79.8 Å². The molecule has 0 spiro atoms. The monoisotopic (exact) mass is 415 g/mol. The van der Waals surface area contributed by atoms with E-state index in [4.69, 9.17) is 11.6 Å². The van der Waals surface area contributed by atoms with Gasteiger partial charge in [-0.3, -0.25) is 9.78 Å². The first kappa shape index (κ1) is 20.2. The molecule has 0 fully saturated rings.